The quantitative estimate of drug-likeness (QED) is 0.910. The van der Waals surface area contributed by atoms with Gasteiger partial charge in [-0.1, -0.05) is 30.3 Å². The van der Waals surface area contributed by atoms with Crippen molar-refractivity contribution in [2.24, 2.45) is 5.92 Å². The van der Waals surface area contributed by atoms with Gasteiger partial charge in [-0.15, -0.1) is 0 Å². The second-order valence-electron chi connectivity index (χ2n) is 6.07. The van der Waals surface area contributed by atoms with Crippen LogP contribution >= 0.6 is 0 Å². The lowest BCUT2D eigenvalue weighted by molar-refractivity contribution is 0.0970. The van der Waals surface area contributed by atoms with Crippen LogP contribution in [0.3, 0.4) is 0 Å². The first-order valence-electron chi connectivity index (χ1n) is 8.02. The van der Waals surface area contributed by atoms with E-state index in [1.165, 1.54) is 12.8 Å². The van der Waals surface area contributed by atoms with E-state index in [2.05, 4.69) is 5.32 Å². The molecule has 0 spiro atoms. The third kappa shape index (κ3) is 3.76. The molecule has 4 nitrogen and oxygen atoms in total. The number of nitrogens with zero attached hydrogens (tertiary/aromatic N) is 1. The molecule has 0 aromatic heterocycles. The normalized spacial score (nSPS) is 25.8. The van der Waals surface area contributed by atoms with E-state index in [1.54, 1.807) is 0 Å². The van der Waals surface area contributed by atoms with Gasteiger partial charge in [-0.05, 0) is 43.7 Å². The van der Waals surface area contributed by atoms with Gasteiger partial charge in [0, 0.05) is 19.1 Å². The number of piperidine rings is 1. The second-order valence-corrected chi connectivity index (χ2v) is 6.07. The fraction of sp³-hybridized carbons (Fsp3) is 0.588. The van der Waals surface area contributed by atoms with Crippen molar-refractivity contribution in [2.45, 2.75) is 38.3 Å². The summed E-state index contributed by atoms with van der Waals surface area (Å²) in [6.07, 6.45) is 4.53. The van der Waals surface area contributed by atoms with E-state index in [9.17, 15) is 4.79 Å². The molecule has 2 unspecified atom stereocenters. The molecule has 1 aromatic rings. The molecule has 1 amide bonds. The summed E-state index contributed by atoms with van der Waals surface area (Å²) in [4.78, 5) is 14.1. The highest BCUT2D eigenvalue weighted by Gasteiger charge is 2.30. The first-order chi connectivity index (χ1) is 10.3. The summed E-state index contributed by atoms with van der Waals surface area (Å²) < 4.78 is 5.44. The highest BCUT2D eigenvalue weighted by Crippen LogP contribution is 2.26. The van der Waals surface area contributed by atoms with Crippen LogP contribution in [0.15, 0.2) is 30.3 Å². The molecule has 0 saturated carbocycles. The maximum atomic E-state index is 12.2. The van der Waals surface area contributed by atoms with E-state index >= 15 is 0 Å². The molecule has 21 heavy (non-hydrogen) atoms. The number of amides is 1. The third-order valence-electron chi connectivity index (χ3n) is 4.67. The molecule has 2 aliphatic heterocycles. The average molecular weight is 288 g/mol. The molecule has 114 valence electrons. The molecule has 2 fully saturated rings. The average Bonchev–Trinajstić information content (AvgIpc) is 2.76. The smallest absolute Gasteiger partial charge is 0.410 e. The molecular formula is C17H24N2O2. The molecule has 4 heteroatoms. The Hall–Kier alpha value is -1.55. The topological polar surface area (TPSA) is 41.6 Å². The minimum Gasteiger partial charge on any atom is -0.445 e. The van der Waals surface area contributed by atoms with Crippen molar-refractivity contribution in [3.8, 4) is 0 Å². The predicted octanol–water partition coefficient (Wildman–Crippen LogP) is 2.79. The van der Waals surface area contributed by atoms with Gasteiger partial charge in [-0.2, -0.15) is 0 Å². The minimum absolute atomic E-state index is 0.169. The van der Waals surface area contributed by atoms with Gasteiger partial charge in [0.05, 0.1) is 0 Å². The Morgan fingerprint density at radius 3 is 2.86 bits per heavy atom. The van der Waals surface area contributed by atoms with Gasteiger partial charge < -0.3 is 15.0 Å². The summed E-state index contributed by atoms with van der Waals surface area (Å²) in [6.45, 7) is 3.12. The van der Waals surface area contributed by atoms with Crippen molar-refractivity contribution in [2.75, 3.05) is 19.6 Å². The van der Waals surface area contributed by atoms with Gasteiger partial charge in [0.15, 0.2) is 0 Å². The van der Waals surface area contributed by atoms with Crippen LogP contribution < -0.4 is 5.32 Å². The van der Waals surface area contributed by atoms with E-state index in [0.717, 1.165) is 44.0 Å². The Morgan fingerprint density at radius 2 is 2.00 bits per heavy atom. The SMILES string of the molecule is O=C(OCc1ccccc1)N1CCC2CCCNC2CC1. The Kier molecular flexibility index (Phi) is 4.76. The van der Waals surface area contributed by atoms with Crippen LogP contribution in [0, 0.1) is 5.92 Å². The maximum Gasteiger partial charge on any atom is 0.410 e. The number of hydrogen-bond donors (Lipinski definition) is 1. The van der Waals surface area contributed by atoms with E-state index in [4.69, 9.17) is 4.74 Å². The predicted molar refractivity (Wildman–Crippen MR) is 81.9 cm³/mol. The number of hydrogen-bond acceptors (Lipinski definition) is 3. The van der Waals surface area contributed by atoms with Gasteiger partial charge >= 0.3 is 6.09 Å². The van der Waals surface area contributed by atoms with Crippen molar-refractivity contribution in [1.82, 2.24) is 10.2 Å². The zero-order valence-electron chi connectivity index (χ0n) is 12.5. The zero-order chi connectivity index (χ0) is 14.5. The summed E-state index contributed by atoms with van der Waals surface area (Å²) in [5.41, 5.74) is 1.04. The van der Waals surface area contributed by atoms with Crippen molar-refractivity contribution < 1.29 is 9.53 Å². The number of likely N-dealkylation sites (tertiary alicyclic amines) is 1. The number of rotatable bonds is 2. The van der Waals surface area contributed by atoms with Crippen molar-refractivity contribution in [1.29, 1.82) is 0 Å². The molecule has 3 rings (SSSR count). The molecule has 2 saturated heterocycles. The third-order valence-corrected chi connectivity index (χ3v) is 4.67. The molecular weight excluding hydrogens is 264 g/mol. The number of benzene rings is 1. The van der Waals surface area contributed by atoms with Crippen molar-refractivity contribution >= 4 is 6.09 Å². The summed E-state index contributed by atoms with van der Waals surface area (Å²) in [5, 5.41) is 3.60. The van der Waals surface area contributed by atoms with E-state index in [-0.39, 0.29) is 6.09 Å². The molecule has 2 atom stereocenters. The molecule has 0 bridgehead atoms. The summed E-state index contributed by atoms with van der Waals surface area (Å²) in [7, 11) is 0. The molecule has 2 heterocycles. The largest absolute Gasteiger partial charge is 0.445 e. The molecule has 1 aromatic carbocycles. The fourth-order valence-corrected chi connectivity index (χ4v) is 3.42. The summed E-state index contributed by atoms with van der Waals surface area (Å²) in [5.74, 6) is 0.727. The lowest BCUT2D eigenvalue weighted by atomic mass is 9.87. The molecule has 2 aliphatic rings. The fourth-order valence-electron chi connectivity index (χ4n) is 3.42. The zero-order valence-corrected chi connectivity index (χ0v) is 12.5. The van der Waals surface area contributed by atoms with Crippen LogP contribution in [0.2, 0.25) is 0 Å². The summed E-state index contributed by atoms with van der Waals surface area (Å²) in [6, 6.07) is 10.4. The Morgan fingerprint density at radius 1 is 1.19 bits per heavy atom. The summed E-state index contributed by atoms with van der Waals surface area (Å²) >= 11 is 0. The minimum atomic E-state index is -0.169. The Bertz CT molecular complexity index is 447. The number of ether oxygens (including phenoxy) is 1. The van der Waals surface area contributed by atoms with E-state index < -0.39 is 0 Å². The Labute approximate surface area is 126 Å². The first-order valence-corrected chi connectivity index (χ1v) is 8.02. The van der Waals surface area contributed by atoms with Crippen LogP contribution in [-0.4, -0.2) is 36.7 Å². The standard InChI is InChI=1S/C17H24N2O2/c20-17(21-13-14-5-2-1-3-6-14)19-11-8-15-7-4-10-18-16(15)9-12-19/h1-3,5-6,15-16,18H,4,7-13H2. The monoisotopic (exact) mass is 288 g/mol. The van der Waals surface area contributed by atoms with Crippen molar-refractivity contribution in [3.63, 3.8) is 0 Å². The number of nitrogens with one attached hydrogen (secondary N) is 1. The maximum absolute atomic E-state index is 12.2. The molecule has 1 N–H and O–H groups in total. The molecule has 0 radical (unpaired) electrons. The lowest BCUT2D eigenvalue weighted by Gasteiger charge is -2.30. The van der Waals surface area contributed by atoms with Crippen LogP contribution in [0.4, 0.5) is 4.79 Å². The van der Waals surface area contributed by atoms with E-state index in [1.807, 2.05) is 35.2 Å². The number of carbonyl (C=O) groups excluding carboxylic acids is 1. The van der Waals surface area contributed by atoms with Crippen LogP contribution in [-0.2, 0) is 11.3 Å². The van der Waals surface area contributed by atoms with Crippen LogP contribution in [0.1, 0.15) is 31.2 Å². The van der Waals surface area contributed by atoms with Gasteiger partial charge in [0.1, 0.15) is 6.61 Å². The Balaban J connectivity index is 1.50. The van der Waals surface area contributed by atoms with Gasteiger partial charge in [-0.25, -0.2) is 4.79 Å². The van der Waals surface area contributed by atoms with Gasteiger partial charge in [-0.3, -0.25) is 0 Å². The van der Waals surface area contributed by atoms with Crippen molar-refractivity contribution in [3.05, 3.63) is 35.9 Å². The lowest BCUT2D eigenvalue weighted by Crippen LogP contribution is -2.41. The van der Waals surface area contributed by atoms with Crippen LogP contribution in [0.5, 0.6) is 0 Å². The molecule has 0 aliphatic carbocycles. The number of carbonyl (C=O) groups is 1. The van der Waals surface area contributed by atoms with Gasteiger partial charge in [0.25, 0.3) is 0 Å². The van der Waals surface area contributed by atoms with Gasteiger partial charge in [0.2, 0.25) is 0 Å². The highest BCUT2D eigenvalue weighted by molar-refractivity contribution is 5.67. The first kappa shape index (κ1) is 14.4. The second kappa shape index (κ2) is 6.94. The van der Waals surface area contributed by atoms with E-state index in [0.29, 0.717) is 12.6 Å². The highest BCUT2D eigenvalue weighted by atomic mass is 16.6. The van der Waals surface area contributed by atoms with Crippen LogP contribution in [0.25, 0.3) is 0 Å². The number of fused-ring (bicyclic) bond motifs is 1.